The van der Waals surface area contributed by atoms with Gasteiger partial charge in [0.2, 0.25) is 0 Å². The molecule has 1 aliphatic heterocycles. The van der Waals surface area contributed by atoms with Crippen LogP contribution in [0.25, 0.3) is 0 Å². The molecule has 0 saturated carbocycles. The van der Waals surface area contributed by atoms with Gasteiger partial charge in [0.15, 0.2) is 5.96 Å². The van der Waals surface area contributed by atoms with Crippen molar-refractivity contribution in [1.82, 2.24) is 10.2 Å². The monoisotopic (exact) mass is 381 g/mol. The molecule has 1 heterocycles. The Morgan fingerprint density at radius 1 is 1.31 bits per heavy atom. The molecule has 1 unspecified atom stereocenters. The zero-order valence-corrected chi connectivity index (χ0v) is 16.8. The van der Waals surface area contributed by atoms with Crippen LogP contribution in [0.1, 0.15) is 25.3 Å². The van der Waals surface area contributed by atoms with Crippen molar-refractivity contribution in [3.05, 3.63) is 34.9 Å². The van der Waals surface area contributed by atoms with Crippen molar-refractivity contribution in [3.63, 3.8) is 0 Å². The van der Waals surface area contributed by atoms with Crippen molar-refractivity contribution in [3.8, 4) is 0 Å². The minimum atomic E-state index is 0.574. The van der Waals surface area contributed by atoms with Gasteiger partial charge in [-0.25, -0.2) is 0 Å². The SMILES string of the molecule is CCNC(=NCCCc1ccc(Cl)cc1)N1CCC(COCCOC)C1. The van der Waals surface area contributed by atoms with Gasteiger partial charge in [-0.1, -0.05) is 23.7 Å². The summed E-state index contributed by atoms with van der Waals surface area (Å²) < 4.78 is 10.7. The first-order valence-corrected chi connectivity index (χ1v) is 9.95. The molecule has 1 aliphatic rings. The van der Waals surface area contributed by atoms with Gasteiger partial charge in [0, 0.05) is 44.2 Å². The van der Waals surface area contributed by atoms with Crippen LogP contribution in [0.4, 0.5) is 0 Å². The molecule has 1 N–H and O–H groups in total. The Morgan fingerprint density at radius 2 is 2.12 bits per heavy atom. The van der Waals surface area contributed by atoms with Crippen LogP contribution in [0.5, 0.6) is 0 Å². The highest BCUT2D eigenvalue weighted by Gasteiger charge is 2.24. The molecule has 1 aromatic carbocycles. The molecular formula is C20H32ClN3O2. The Balaban J connectivity index is 1.74. The molecule has 0 spiro atoms. The predicted octanol–water partition coefficient (Wildman–Crippen LogP) is 3.22. The summed E-state index contributed by atoms with van der Waals surface area (Å²) in [5, 5.41) is 4.21. The summed E-state index contributed by atoms with van der Waals surface area (Å²) in [5.74, 6) is 1.60. The van der Waals surface area contributed by atoms with Crippen molar-refractivity contribution in [2.75, 3.05) is 53.1 Å². The first-order chi connectivity index (χ1) is 12.7. The van der Waals surface area contributed by atoms with Gasteiger partial charge in [0.05, 0.1) is 19.8 Å². The maximum absolute atomic E-state index is 5.93. The summed E-state index contributed by atoms with van der Waals surface area (Å²) in [6.07, 6.45) is 3.21. The van der Waals surface area contributed by atoms with E-state index >= 15 is 0 Å². The smallest absolute Gasteiger partial charge is 0.193 e. The molecular weight excluding hydrogens is 350 g/mol. The van der Waals surface area contributed by atoms with Gasteiger partial charge in [0.25, 0.3) is 0 Å². The minimum absolute atomic E-state index is 0.574. The number of guanidine groups is 1. The molecule has 0 radical (unpaired) electrons. The zero-order valence-electron chi connectivity index (χ0n) is 16.0. The van der Waals surface area contributed by atoms with Crippen molar-refractivity contribution >= 4 is 17.6 Å². The maximum Gasteiger partial charge on any atom is 0.193 e. The molecule has 0 aromatic heterocycles. The zero-order chi connectivity index (χ0) is 18.6. The van der Waals surface area contributed by atoms with E-state index in [1.54, 1.807) is 7.11 Å². The molecule has 0 amide bonds. The van der Waals surface area contributed by atoms with Crippen molar-refractivity contribution in [1.29, 1.82) is 0 Å². The average Bonchev–Trinajstić information content (AvgIpc) is 3.12. The third kappa shape index (κ3) is 7.52. The van der Waals surface area contributed by atoms with Crippen molar-refractivity contribution in [2.24, 2.45) is 10.9 Å². The molecule has 1 fully saturated rings. The fourth-order valence-corrected chi connectivity index (χ4v) is 3.22. The number of likely N-dealkylation sites (tertiary alicyclic amines) is 1. The van der Waals surface area contributed by atoms with E-state index in [0.29, 0.717) is 19.1 Å². The van der Waals surface area contributed by atoms with Gasteiger partial charge in [0.1, 0.15) is 0 Å². The molecule has 0 aliphatic carbocycles. The highest BCUT2D eigenvalue weighted by Crippen LogP contribution is 2.17. The second kappa shape index (κ2) is 12.2. The van der Waals surface area contributed by atoms with Crippen LogP contribution in [-0.2, 0) is 15.9 Å². The standard InChI is InChI=1S/C20H32ClN3O2/c1-3-22-20(23-11-4-5-17-6-8-19(21)9-7-17)24-12-10-18(15-24)16-26-14-13-25-2/h6-9,18H,3-5,10-16H2,1-2H3,(H,22,23). The number of rotatable bonds is 10. The third-order valence-corrected chi connectivity index (χ3v) is 4.76. The lowest BCUT2D eigenvalue weighted by molar-refractivity contribution is 0.0536. The highest BCUT2D eigenvalue weighted by atomic mass is 35.5. The average molecular weight is 382 g/mol. The lowest BCUT2D eigenvalue weighted by Crippen LogP contribution is -2.40. The summed E-state index contributed by atoms with van der Waals surface area (Å²) >= 11 is 5.93. The van der Waals surface area contributed by atoms with E-state index in [0.717, 1.165) is 63.0 Å². The largest absolute Gasteiger partial charge is 0.382 e. The second-order valence-electron chi connectivity index (χ2n) is 6.63. The van der Waals surface area contributed by atoms with Crippen molar-refractivity contribution < 1.29 is 9.47 Å². The summed E-state index contributed by atoms with van der Waals surface area (Å²) in [4.78, 5) is 7.17. The summed E-state index contributed by atoms with van der Waals surface area (Å²) in [7, 11) is 1.70. The van der Waals surface area contributed by atoms with E-state index < -0.39 is 0 Å². The predicted molar refractivity (Wildman–Crippen MR) is 108 cm³/mol. The third-order valence-electron chi connectivity index (χ3n) is 4.50. The molecule has 1 atom stereocenters. The van der Waals surface area contributed by atoms with Gasteiger partial charge < -0.3 is 19.7 Å². The number of halogens is 1. The Hall–Kier alpha value is -1.30. The van der Waals surface area contributed by atoms with E-state index in [4.69, 9.17) is 26.1 Å². The Kier molecular flexibility index (Phi) is 9.82. The Labute approximate surface area is 162 Å². The van der Waals surface area contributed by atoms with Crippen LogP contribution in [-0.4, -0.2) is 64.0 Å². The number of ether oxygens (including phenoxy) is 2. The number of methoxy groups -OCH3 is 1. The number of aliphatic imine (C=N–C) groups is 1. The number of nitrogens with zero attached hydrogens (tertiary/aromatic N) is 2. The fourth-order valence-electron chi connectivity index (χ4n) is 3.10. The molecule has 26 heavy (non-hydrogen) atoms. The van der Waals surface area contributed by atoms with Crippen LogP contribution >= 0.6 is 11.6 Å². The quantitative estimate of drug-likeness (QED) is 0.384. The molecule has 146 valence electrons. The van der Waals surface area contributed by atoms with E-state index in [9.17, 15) is 0 Å². The molecule has 1 aromatic rings. The molecule has 0 bridgehead atoms. The summed E-state index contributed by atoms with van der Waals surface area (Å²) in [6.45, 7) is 8.02. The fraction of sp³-hybridized carbons (Fsp3) is 0.650. The van der Waals surface area contributed by atoms with E-state index in [2.05, 4.69) is 29.3 Å². The Morgan fingerprint density at radius 3 is 2.85 bits per heavy atom. The van der Waals surface area contributed by atoms with Crippen LogP contribution in [0, 0.1) is 5.92 Å². The van der Waals surface area contributed by atoms with Crippen molar-refractivity contribution in [2.45, 2.75) is 26.2 Å². The molecule has 2 rings (SSSR count). The number of aryl methyl sites for hydroxylation is 1. The lowest BCUT2D eigenvalue weighted by Gasteiger charge is -2.21. The summed E-state index contributed by atoms with van der Waals surface area (Å²) in [5.41, 5.74) is 1.31. The topological polar surface area (TPSA) is 46.1 Å². The normalized spacial score (nSPS) is 17.7. The van der Waals surface area contributed by atoms with E-state index in [1.807, 2.05) is 12.1 Å². The number of nitrogens with one attached hydrogen (secondary N) is 1. The van der Waals surface area contributed by atoms with Gasteiger partial charge in [-0.15, -0.1) is 0 Å². The lowest BCUT2D eigenvalue weighted by atomic mass is 10.1. The number of hydrogen-bond acceptors (Lipinski definition) is 3. The molecule has 5 nitrogen and oxygen atoms in total. The second-order valence-corrected chi connectivity index (χ2v) is 7.07. The van der Waals surface area contributed by atoms with Gasteiger partial charge in [-0.3, -0.25) is 4.99 Å². The first-order valence-electron chi connectivity index (χ1n) is 9.57. The van der Waals surface area contributed by atoms with Gasteiger partial charge >= 0.3 is 0 Å². The van der Waals surface area contributed by atoms with Gasteiger partial charge in [-0.2, -0.15) is 0 Å². The number of hydrogen-bond donors (Lipinski definition) is 1. The minimum Gasteiger partial charge on any atom is -0.382 e. The van der Waals surface area contributed by atoms with Crippen LogP contribution in [0.15, 0.2) is 29.3 Å². The van der Waals surface area contributed by atoms with Crippen LogP contribution < -0.4 is 5.32 Å². The van der Waals surface area contributed by atoms with E-state index in [1.165, 1.54) is 5.56 Å². The van der Waals surface area contributed by atoms with E-state index in [-0.39, 0.29) is 0 Å². The maximum atomic E-state index is 5.93. The molecule has 6 heteroatoms. The first kappa shape index (κ1) is 21.0. The summed E-state index contributed by atoms with van der Waals surface area (Å²) in [6, 6.07) is 8.07. The van der Waals surface area contributed by atoms with Crippen LogP contribution in [0.3, 0.4) is 0 Å². The molecule has 1 saturated heterocycles. The number of benzene rings is 1. The van der Waals surface area contributed by atoms with Gasteiger partial charge in [-0.05, 0) is 43.9 Å². The Bertz CT molecular complexity index is 536. The van der Waals surface area contributed by atoms with Crippen LogP contribution in [0.2, 0.25) is 5.02 Å². The highest BCUT2D eigenvalue weighted by molar-refractivity contribution is 6.30.